The lowest BCUT2D eigenvalue weighted by Gasteiger charge is -2.11. The van der Waals surface area contributed by atoms with Gasteiger partial charge in [0.2, 0.25) is 0 Å². The van der Waals surface area contributed by atoms with Gasteiger partial charge in [-0.25, -0.2) is 0 Å². The minimum Gasteiger partial charge on any atom is -0.310 e. The van der Waals surface area contributed by atoms with Crippen LogP contribution in [-0.2, 0) is 6.54 Å². The van der Waals surface area contributed by atoms with Gasteiger partial charge in [0.25, 0.3) is 0 Å². The average Bonchev–Trinajstić information content (AvgIpc) is 2.97. The second-order valence-electron chi connectivity index (χ2n) is 4.61. The second-order valence-corrected chi connectivity index (χ2v) is 4.61. The minimum atomic E-state index is 0.721. The lowest BCUT2D eigenvalue weighted by Crippen LogP contribution is -2.25. The van der Waals surface area contributed by atoms with Gasteiger partial charge in [-0.15, -0.1) is 0 Å². The number of hydrogen-bond acceptors (Lipinski definition) is 2. The molecule has 1 saturated carbocycles. The van der Waals surface area contributed by atoms with E-state index in [0.29, 0.717) is 0 Å². The lowest BCUT2D eigenvalue weighted by molar-refractivity contribution is 0.525. The zero-order valence-corrected chi connectivity index (χ0v) is 9.37. The molecule has 1 aromatic heterocycles. The molecular weight excluding hydrogens is 198 g/mol. The van der Waals surface area contributed by atoms with Crippen molar-refractivity contribution in [2.45, 2.75) is 38.3 Å². The monoisotopic (exact) mass is 215 g/mol. The van der Waals surface area contributed by atoms with Crippen LogP contribution in [0.4, 0.5) is 0 Å². The van der Waals surface area contributed by atoms with Gasteiger partial charge in [0.05, 0.1) is 11.7 Å². The van der Waals surface area contributed by atoms with Crippen LogP contribution in [-0.4, -0.2) is 16.2 Å². The molecule has 1 fully saturated rings. The fourth-order valence-electron chi connectivity index (χ4n) is 2.56. The van der Waals surface area contributed by atoms with Crippen LogP contribution in [0, 0.1) is 0 Å². The van der Waals surface area contributed by atoms with Gasteiger partial charge in [0, 0.05) is 18.0 Å². The number of aromatic amines is 1. The first kappa shape index (κ1) is 9.85. The molecule has 3 rings (SSSR count). The van der Waals surface area contributed by atoms with Crippen LogP contribution >= 0.6 is 0 Å². The predicted octanol–water partition coefficient (Wildman–Crippen LogP) is 2.60. The summed E-state index contributed by atoms with van der Waals surface area (Å²) in [7, 11) is 0. The molecule has 0 saturated heterocycles. The van der Waals surface area contributed by atoms with E-state index in [-0.39, 0.29) is 0 Å². The molecule has 84 valence electrons. The van der Waals surface area contributed by atoms with Gasteiger partial charge in [-0.3, -0.25) is 5.10 Å². The number of fused-ring (bicyclic) bond motifs is 1. The van der Waals surface area contributed by atoms with E-state index in [9.17, 15) is 0 Å². The Morgan fingerprint density at radius 2 is 2.19 bits per heavy atom. The predicted molar refractivity (Wildman–Crippen MR) is 65.2 cm³/mol. The summed E-state index contributed by atoms with van der Waals surface area (Å²) in [6.07, 6.45) is 7.31. The number of hydrogen-bond donors (Lipinski definition) is 2. The molecule has 1 aliphatic carbocycles. The molecule has 16 heavy (non-hydrogen) atoms. The van der Waals surface area contributed by atoms with Crippen LogP contribution in [0.1, 0.15) is 31.2 Å². The third-order valence-electron chi connectivity index (χ3n) is 3.50. The maximum Gasteiger partial charge on any atom is 0.0695 e. The molecule has 0 aliphatic heterocycles. The molecule has 0 spiro atoms. The highest BCUT2D eigenvalue weighted by atomic mass is 15.1. The fraction of sp³-hybridized carbons (Fsp3) is 0.462. The van der Waals surface area contributed by atoms with Crippen LogP contribution in [0.5, 0.6) is 0 Å². The van der Waals surface area contributed by atoms with E-state index in [0.717, 1.165) is 12.6 Å². The van der Waals surface area contributed by atoms with Crippen LogP contribution in [0.2, 0.25) is 0 Å². The minimum absolute atomic E-state index is 0.721. The molecule has 2 aromatic rings. The Morgan fingerprint density at radius 1 is 1.31 bits per heavy atom. The molecule has 1 aliphatic rings. The first-order valence-corrected chi connectivity index (χ1v) is 6.08. The Kier molecular flexibility index (Phi) is 2.62. The number of aromatic nitrogens is 2. The normalized spacial score (nSPS) is 17.2. The van der Waals surface area contributed by atoms with Crippen molar-refractivity contribution >= 4 is 10.9 Å². The highest BCUT2D eigenvalue weighted by Gasteiger charge is 2.14. The van der Waals surface area contributed by atoms with Crippen LogP contribution in [0.3, 0.4) is 0 Å². The van der Waals surface area contributed by atoms with Crippen molar-refractivity contribution in [2.75, 3.05) is 0 Å². The van der Waals surface area contributed by atoms with Crippen molar-refractivity contribution in [1.82, 2.24) is 15.5 Å². The number of H-pyrrole nitrogens is 1. The Bertz CT molecular complexity index is 469. The fourth-order valence-corrected chi connectivity index (χ4v) is 2.56. The van der Waals surface area contributed by atoms with E-state index in [1.165, 1.54) is 42.1 Å². The zero-order valence-electron chi connectivity index (χ0n) is 9.37. The second kappa shape index (κ2) is 4.26. The van der Waals surface area contributed by atoms with Crippen molar-refractivity contribution in [3.63, 3.8) is 0 Å². The average molecular weight is 215 g/mol. The van der Waals surface area contributed by atoms with E-state index < -0.39 is 0 Å². The molecule has 0 amide bonds. The standard InChI is InChI=1S/C13H17N3/c1-2-7-12(6-1)14-8-10-4-3-5-11-9-15-16-13(10)11/h3-5,9,12,14H,1-2,6-8H2,(H,15,16). The lowest BCUT2D eigenvalue weighted by atomic mass is 10.1. The highest BCUT2D eigenvalue weighted by Crippen LogP contribution is 2.20. The van der Waals surface area contributed by atoms with Crippen molar-refractivity contribution in [1.29, 1.82) is 0 Å². The van der Waals surface area contributed by atoms with Crippen molar-refractivity contribution < 1.29 is 0 Å². The zero-order chi connectivity index (χ0) is 10.8. The first-order valence-electron chi connectivity index (χ1n) is 6.08. The molecule has 0 radical (unpaired) electrons. The van der Waals surface area contributed by atoms with Gasteiger partial charge in [-0.2, -0.15) is 5.10 Å². The van der Waals surface area contributed by atoms with E-state index in [1.54, 1.807) is 0 Å². The van der Waals surface area contributed by atoms with Gasteiger partial charge < -0.3 is 5.32 Å². The Hall–Kier alpha value is -1.35. The molecule has 3 heteroatoms. The topological polar surface area (TPSA) is 40.7 Å². The molecule has 0 atom stereocenters. The van der Waals surface area contributed by atoms with E-state index in [1.807, 2.05) is 6.20 Å². The van der Waals surface area contributed by atoms with Crippen molar-refractivity contribution in [3.05, 3.63) is 30.0 Å². The van der Waals surface area contributed by atoms with E-state index in [4.69, 9.17) is 0 Å². The SMILES string of the molecule is c1cc(CNC2CCCC2)c2[nH]ncc2c1. The van der Waals surface area contributed by atoms with E-state index >= 15 is 0 Å². The molecule has 0 unspecified atom stereocenters. The molecular formula is C13H17N3. The summed E-state index contributed by atoms with van der Waals surface area (Å²) in [6.45, 7) is 0.949. The maximum atomic E-state index is 4.09. The van der Waals surface area contributed by atoms with Crippen molar-refractivity contribution in [2.24, 2.45) is 0 Å². The third kappa shape index (κ3) is 1.83. The summed E-state index contributed by atoms with van der Waals surface area (Å²) < 4.78 is 0. The highest BCUT2D eigenvalue weighted by molar-refractivity contribution is 5.81. The number of para-hydroxylation sites is 1. The summed E-state index contributed by atoms with van der Waals surface area (Å²) in [6, 6.07) is 7.09. The van der Waals surface area contributed by atoms with E-state index in [2.05, 4.69) is 33.7 Å². The summed E-state index contributed by atoms with van der Waals surface area (Å²) >= 11 is 0. The third-order valence-corrected chi connectivity index (χ3v) is 3.50. The number of nitrogens with zero attached hydrogens (tertiary/aromatic N) is 1. The van der Waals surface area contributed by atoms with Gasteiger partial charge >= 0.3 is 0 Å². The molecule has 1 heterocycles. The first-order chi connectivity index (χ1) is 7.93. The molecule has 1 aromatic carbocycles. The number of benzene rings is 1. The van der Waals surface area contributed by atoms with Crippen LogP contribution < -0.4 is 5.32 Å². The Labute approximate surface area is 95.2 Å². The molecule has 0 bridgehead atoms. The van der Waals surface area contributed by atoms with Gasteiger partial charge in [-0.1, -0.05) is 31.0 Å². The molecule has 3 nitrogen and oxygen atoms in total. The van der Waals surface area contributed by atoms with Crippen LogP contribution in [0.15, 0.2) is 24.4 Å². The number of nitrogens with one attached hydrogen (secondary N) is 2. The Balaban J connectivity index is 1.75. The van der Waals surface area contributed by atoms with Crippen molar-refractivity contribution in [3.8, 4) is 0 Å². The van der Waals surface area contributed by atoms with Crippen LogP contribution in [0.25, 0.3) is 10.9 Å². The number of rotatable bonds is 3. The summed E-state index contributed by atoms with van der Waals surface area (Å²) in [5.74, 6) is 0. The smallest absolute Gasteiger partial charge is 0.0695 e. The Morgan fingerprint density at radius 3 is 3.06 bits per heavy atom. The summed E-state index contributed by atoms with van der Waals surface area (Å²) in [5.41, 5.74) is 2.50. The van der Waals surface area contributed by atoms with Gasteiger partial charge in [0.1, 0.15) is 0 Å². The summed E-state index contributed by atoms with van der Waals surface area (Å²) in [4.78, 5) is 0. The van der Waals surface area contributed by atoms with Gasteiger partial charge in [0.15, 0.2) is 0 Å². The summed E-state index contributed by atoms with van der Waals surface area (Å²) in [5, 5.41) is 12.0. The molecule has 2 N–H and O–H groups in total. The quantitative estimate of drug-likeness (QED) is 0.826. The van der Waals surface area contributed by atoms with Gasteiger partial charge in [-0.05, 0) is 18.4 Å². The maximum absolute atomic E-state index is 4.09. The largest absolute Gasteiger partial charge is 0.310 e.